The van der Waals surface area contributed by atoms with E-state index in [0.717, 1.165) is 14.8 Å². The van der Waals surface area contributed by atoms with Crippen molar-refractivity contribution in [3.05, 3.63) is 20.8 Å². The molecule has 2 atom stereocenters. The van der Waals surface area contributed by atoms with E-state index in [9.17, 15) is 4.79 Å². The van der Waals surface area contributed by atoms with Gasteiger partial charge in [0, 0.05) is 5.92 Å². The van der Waals surface area contributed by atoms with Crippen LogP contribution >= 0.6 is 22.9 Å². The van der Waals surface area contributed by atoms with Gasteiger partial charge in [0.05, 0.1) is 9.21 Å². The lowest BCUT2D eigenvalue weighted by Gasteiger charge is -2.04. The van der Waals surface area contributed by atoms with Gasteiger partial charge in [-0.2, -0.15) is 0 Å². The van der Waals surface area contributed by atoms with E-state index in [1.165, 1.54) is 37.0 Å². The highest BCUT2D eigenvalue weighted by molar-refractivity contribution is 7.18. The van der Waals surface area contributed by atoms with Crippen molar-refractivity contribution in [2.75, 3.05) is 0 Å². The highest BCUT2D eigenvalue weighted by Crippen LogP contribution is 2.57. The van der Waals surface area contributed by atoms with Crippen LogP contribution in [0.1, 0.15) is 40.9 Å². The molecule has 0 bridgehead atoms. The molecular formula is C13H15ClOS. The third kappa shape index (κ3) is 1.63. The standard InChI is InChI=1S/C13H15ClOS/c1-7-6-10(16-13(7)14)12(15)11-8-4-2-3-5-9(8)11/h6,8-9,11H,2-5H2,1H3. The van der Waals surface area contributed by atoms with Gasteiger partial charge in [-0.3, -0.25) is 4.79 Å². The fourth-order valence-corrected chi connectivity index (χ4v) is 4.32. The van der Waals surface area contributed by atoms with Crippen LogP contribution in [0.15, 0.2) is 6.07 Å². The average Bonchev–Trinajstić information content (AvgIpc) is 2.91. The zero-order valence-electron chi connectivity index (χ0n) is 9.33. The second-order valence-corrected chi connectivity index (χ2v) is 6.72. The number of Topliss-reactive ketones (excluding diaryl/α,β-unsaturated/α-hetero) is 1. The Labute approximate surface area is 105 Å². The second kappa shape index (κ2) is 3.85. The fourth-order valence-electron chi connectivity index (χ4n) is 3.13. The van der Waals surface area contributed by atoms with Crippen molar-refractivity contribution >= 4 is 28.7 Å². The maximum atomic E-state index is 12.3. The molecule has 3 rings (SSSR count). The number of hydrogen-bond donors (Lipinski definition) is 0. The van der Waals surface area contributed by atoms with Crippen LogP contribution in [-0.2, 0) is 0 Å². The SMILES string of the molecule is Cc1cc(C(=O)C2C3CCCCC32)sc1Cl. The largest absolute Gasteiger partial charge is 0.293 e. The zero-order valence-corrected chi connectivity index (χ0v) is 10.9. The summed E-state index contributed by atoms with van der Waals surface area (Å²) in [7, 11) is 0. The first-order chi connectivity index (χ1) is 7.68. The van der Waals surface area contributed by atoms with Gasteiger partial charge in [-0.1, -0.05) is 24.4 Å². The lowest BCUT2D eigenvalue weighted by atomic mass is 10.0. The summed E-state index contributed by atoms with van der Waals surface area (Å²) < 4.78 is 0.770. The molecule has 2 aliphatic carbocycles. The zero-order chi connectivity index (χ0) is 11.3. The topological polar surface area (TPSA) is 17.1 Å². The Morgan fingerprint density at radius 3 is 2.50 bits per heavy atom. The van der Waals surface area contributed by atoms with Gasteiger partial charge in [0.15, 0.2) is 5.78 Å². The molecule has 86 valence electrons. The fraction of sp³-hybridized carbons (Fsp3) is 0.615. The second-order valence-electron chi connectivity index (χ2n) is 5.07. The predicted octanol–water partition coefficient (Wildman–Crippen LogP) is 4.33. The van der Waals surface area contributed by atoms with Crippen LogP contribution in [0.5, 0.6) is 0 Å². The maximum absolute atomic E-state index is 12.3. The van der Waals surface area contributed by atoms with Crippen molar-refractivity contribution < 1.29 is 4.79 Å². The van der Waals surface area contributed by atoms with E-state index in [-0.39, 0.29) is 0 Å². The summed E-state index contributed by atoms with van der Waals surface area (Å²) >= 11 is 7.47. The van der Waals surface area contributed by atoms with Crippen LogP contribution < -0.4 is 0 Å². The van der Waals surface area contributed by atoms with Gasteiger partial charge in [-0.25, -0.2) is 0 Å². The molecule has 2 unspecified atom stereocenters. The van der Waals surface area contributed by atoms with E-state index in [1.807, 2.05) is 13.0 Å². The minimum atomic E-state index is 0.330. The van der Waals surface area contributed by atoms with Crippen LogP contribution in [0.25, 0.3) is 0 Å². The monoisotopic (exact) mass is 254 g/mol. The number of rotatable bonds is 2. The van der Waals surface area contributed by atoms with Crippen molar-refractivity contribution in [2.24, 2.45) is 17.8 Å². The molecule has 1 aromatic heterocycles. The summed E-state index contributed by atoms with van der Waals surface area (Å²) in [5.41, 5.74) is 1.04. The number of thiophene rings is 1. The molecule has 1 heterocycles. The van der Waals surface area contributed by atoms with Crippen LogP contribution in [0.3, 0.4) is 0 Å². The summed E-state index contributed by atoms with van der Waals surface area (Å²) in [5, 5.41) is 0. The maximum Gasteiger partial charge on any atom is 0.176 e. The van der Waals surface area contributed by atoms with Gasteiger partial charge >= 0.3 is 0 Å². The molecule has 0 spiro atoms. The van der Waals surface area contributed by atoms with Gasteiger partial charge in [0.25, 0.3) is 0 Å². The Morgan fingerprint density at radius 1 is 1.38 bits per heavy atom. The molecule has 2 saturated carbocycles. The number of halogens is 1. The summed E-state index contributed by atoms with van der Waals surface area (Å²) in [6.45, 7) is 1.97. The van der Waals surface area contributed by atoms with Crippen molar-refractivity contribution in [3.8, 4) is 0 Å². The minimum Gasteiger partial charge on any atom is -0.293 e. The predicted molar refractivity (Wildman–Crippen MR) is 67.3 cm³/mol. The molecule has 0 aliphatic heterocycles. The molecule has 16 heavy (non-hydrogen) atoms. The molecule has 1 nitrogen and oxygen atoms in total. The lowest BCUT2D eigenvalue weighted by molar-refractivity contribution is 0.0960. The van der Waals surface area contributed by atoms with Crippen molar-refractivity contribution in [2.45, 2.75) is 32.6 Å². The highest BCUT2D eigenvalue weighted by Gasteiger charge is 2.54. The van der Waals surface area contributed by atoms with Crippen LogP contribution in [0.4, 0.5) is 0 Å². The van der Waals surface area contributed by atoms with Crippen molar-refractivity contribution in [3.63, 3.8) is 0 Å². The van der Waals surface area contributed by atoms with Gasteiger partial charge in [0.2, 0.25) is 0 Å². The quantitative estimate of drug-likeness (QED) is 0.718. The van der Waals surface area contributed by atoms with E-state index in [0.29, 0.717) is 23.5 Å². The van der Waals surface area contributed by atoms with Gasteiger partial charge < -0.3 is 0 Å². The minimum absolute atomic E-state index is 0.330. The van der Waals surface area contributed by atoms with E-state index < -0.39 is 0 Å². The summed E-state index contributed by atoms with van der Waals surface area (Å²) in [4.78, 5) is 13.2. The number of hydrogen-bond acceptors (Lipinski definition) is 2. The Morgan fingerprint density at radius 2 is 2.00 bits per heavy atom. The molecule has 1 aromatic rings. The van der Waals surface area contributed by atoms with E-state index in [1.54, 1.807) is 0 Å². The number of carbonyl (C=O) groups is 1. The number of aryl methyl sites for hydroxylation is 1. The Bertz CT molecular complexity index is 406. The highest BCUT2D eigenvalue weighted by atomic mass is 35.5. The molecule has 0 saturated heterocycles. The van der Waals surface area contributed by atoms with Gasteiger partial charge in [-0.15, -0.1) is 11.3 Å². The first-order valence-corrected chi connectivity index (χ1v) is 7.18. The van der Waals surface area contributed by atoms with E-state index in [2.05, 4.69) is 0 Å². The summed E-state index contributed by atoms with van der Waals surface area (Å²) in [6.07, 6.45) is 5.16. The molecule has 0 aromatic carbocycles. The van der Waals surface area contributed by atoms with E-state index >= 15 is 0 Å². The molecule has 3 heteroatoms. The lowest BCUT2D eigenvalue weighted by Crippen LogP contribution is -2.01. The summed E-state index contributed by atoms with van der Waals surface area (Å²) in [5.74, 6) is 2.08. The van der Waals surface area contributed by atoms with Gasteiger partial charge in [0.1, 0.15) is 0 Å². The smallest absolute Gasteiger partial charge is 0.176 e. The van der Waals surface area contributed by atoms with Gasteiger partial charge in [-0.05, 0) is 43.2 Å². The van der Waals surface area contributed by atoms with Crippen LogP contribution in [-0.4, -0.2) is 5.78 Å². The third-order valence-electron chi connectivity index (χ3n) is 4.06. The van der Waals surface area contributed by atoms with Crippen molar-refractivity contribution in [1.82, 2.24) is 0 Å². The van der Waals surface area contributed by atoms with Crippen LogP contribution in [0.2, 0.25) is 4.34 Å². The van der Waals surface area contributed by atoms with Crippen LogP contribution in [0, 0.1) is 24.7 Å². The molecule has 0 amide bonds. The number of fused-ring (bicyclic) bond motifs is 1. The summed E-state index contributed by atoms with van der Waals surface area (Å²) in [6, 6.07) is 1.96. The molecular weight excluding hydrogens is 240 g/mol. The molecule has 0 N–H and O–H groups in total. The van der Waals surface area contributed by atoms with E-state index in [4.69, 9.17) is 11.6 Å². The average molecular weight is 255 g/mol. The molecule has 2 aliphatic rings. The Hall–Kier alpha value is -0.340. The molecule has 2 fully saturated rings. The Balaban J connectivity index is 1.79. The first-order valence-electron chi connectivity index (χ1n) is 5.98. The first kappa shape index (κ1) is 10.8. The number of carbonyl (C=O) groups excluding carboxylic acids is 1. The molecule has 0 radical (unpaired) electrons. The third-order valence-corrected chi connectivity index (χ3v) is 5.63. The number of ketones is 1. The normalized spacial score (nSPS) is 32.2. The van der Waals surface area contributed by atoms with Crippen molar-refractivity contribution in [1.29, 1.82) is 0 Å². The Kier molecular flexibility index (Phi) is 2.60.